The summed E-state index contributed by atoms with van der Waals surface area (Å²) in [6, 6.07) is 42.1. The second kappa shape index (κ2) is 8.92. The molecule has 0 aliphatic rings. The van der Waals surface area contributed by atoms with Gasteiger partial charge >= 0.3 is 0 Å². The minimum absolute atomic E-state index is 1.23. The van der Waals surface area contributed by atoms with Crippen LogP contribution >= 0.6 is 0 Å². The number of aryl methyl sites for hydroxylation is 3. The Morgan fingerprint density at radius 2 is 0.697 bits per heavy atom. The third kappa shape index (κ3) is 4.66. The van der Waals surface area contributed by atoms with E-state index in [2.05, 4.69) is 136 Å². The molecule has 0 heteroatoms. The first kappa shape index (κ1) is 21.0. The smallest absolute Gasteiger partial charge is 0.0171 e. The molecule has 160 valence electrons. The van der Waals surface area contributed by atoms with E-state index in [0.29, 0.717) is 0 Å². The van der Waals surface area contributed by atoms with E-state index in [-0.39, 0.29) is 0 Å². The van der Waals surface area contributed by atoms with Crippen molar-refractivity contribution in [3.8, 4) is 44.5 Å². The summed E-state index contributed by atoms with van der Waals surface area (Å²) in [6.45, 7) is 6.46. The van der Waals surface area contributed by atoms with E-state index in [0.717, 1.165) is 0 Å². The van der Waals surface area contributed by atoms with Gasteiger partial charge in [0, 0.05) is 0 Å². The zero-order valence-electron chi connectivity index (χ0n) is 19.5. The molecule has 0 spiro atoms. The Morgan fingerprint density at radius 1 is 0.273 bits per heavy atom. The van der Waals surface area contributed by atoms with Gasteiger partial charge < -0.3 is 0 Å². The maximum atomic E-state index is 2.32. The molecule has 5 rings (SSSR count). The van der Waals surface area contributed by atoms with Crippen molar-refractivity contribution in [3.05, 3.63) is 132 Å². The van der Waals surface area contributed by atoms with Crippen LogP contribution in [0.1, 0.15) is 16.7 Å². The molecule has 0 saturated heterocycles. The molecule has 0 bridgehead atoms. The van der Waals surface area contributed by atoms with Crippen molar-refractivity contribution in [2.45, 2.75) is 20.8 Å². The molecule has 5 aromatic carbocycles. The zero-order chi connectivity index (χ0) is 22.8. The van der Waals surface area contributed by atoms with Gasteiger partial charge in [0.15, 0.2) is 0 Å². The molecule has 0 amide bonds. The number of hydrogen-bond acceptors (Lipinski definition) is 0. The van der Waals surface area contributed by atoms with Crippen LogP contribution < -0.4 is 0 Å². The SMILES string of the molecule is Cc1ccc(-c2cc(-c3ccccc3)cc(-c3cccc(-c4cc(C)cc(C)c4)c3)c2)cc1. The maximum Gasteiger partial charge on any atom is -0.0171 e. The second-order valence-electron chi connectivity index (χ2n) is 8.99. The number of hydrogen-bond donors (Lipinski definition) is 0. The van der Waals surface area contributed by atoms with Crippen molar-refractivity contribution in [1.82, 2.24) is 0 Å². The molecule has 0 N–H and O–H groups in total. The largest absolute Gasteiger partial charge is 0.0622 e. The Balaban J connectivity index is 1.66. The minimum Gasteiger partial charge on any atom is -0.0622 e. The lowest BCUT2D eigenvalue weighted by molar-refractivity contribution is 1.38. The quantitative estimate of drug-likeness (QED) is 0.270. The molecule has 0 atom stereocenters. The van der Waals surface area contributed by atoms with Crippen molar-refractivity contribution in [1.29, 1.82) is 0 Å². The molecule has 0 saturated carbocycles. The lowest BCUT2D eigenvalue weighted by Gasteiger charge is -2.13. The Labute approximate surface area is 197 Å². The summed E-state index contributed by atoms with van der Waals surface area (Å²) in [7, 11) is 0. The topological polar surface area (TPSA) is 0 Å². The van der Waals surface area contributed by atoms with E-state index in [9.17, 15) is 0 Å². The fourth-order valence-electron chi connectivity index (χ4n) is 4.52. The Morgan fingerprint density at radius 3 is 1.27 bits per heavy atom. The summed E-state index contributed by atoms with van der Waals surface area (Å²) in [5.41, 5.74) is 13.8. The normalized spacial score (nSPS) is 10.9. The molecule has 0 radical (unpaired) electrons. The molecular formula is C33H28. The molecule has 0 aliphatic carbocycles. The van der Waals surface area contributed by atoms with Crippen LogP contribution in [0.5, 0.6) is 0 Å². The van der Waals surface area contributed by atoms with Crippen molar-refractivity contribution >= 4 is 0 Å². The predicted molar refractivity (Wildman–Crippen MR) is 142 cm³/mol. The van der Waals surface area contributed by atoms with Gasteiger partial charge in [-0.05, 0) is 89.5 Å². The van der Waals surface area contributed by atoms with Crippen molar-refractivity contribution in [2.75, 3.05) is 0 Å². The average Bonchev–Trinajstić information content (AvgIpc) is 2.84. The highest BCUT2D eigenvalue weighted by Crippen LogP contribution is 2.34. The van der Waals surface area contributed by atoms with E-state index in [1.165, 1.54) is 61.2 Å². The zero-order valence-corrected chi connectivity index (χ0v) is 19.5. The molecule has 0 heterocycles. The summed E-state index contributed by atoms with van der Waals surface area (Å²) < 4.78 is 0. The minimum atomic E-state index is 1.23. The summed E-state index contributed by atoms with van der Waals surface area (Å²) in [6.07, 6.45) is 0. The second-order valence-corrected chi connectivity index (χ2v) is 8.99. The van der Waals surface area contributed by atoms with Crippen LogP contribution in [0.3, 0.4) is 0 Å². The van der Waals surface area contributed by atoms with Crippen LogP contribution in [-0.4, -0.2) is 0 Å². The van der Waals surface area contributed by atoms with Gasteiger partial charge in [0.05, 0.1) is 0 Å². The van der Waals surface area contributed by atoms with Crippen LogP contribution in [0.4, 0.5) is 0 Å². The van der Waals surface area contributed by atoms with Gasteiger partial charge in [-0.1, -0.05) is 108 Å². The lowest BCUT2D eigenvalue weighted by atomic mass is 9.91. The molecule has 0 aliphatic heterocycles. The highest BCUT2D eigenvalue weighted by molar-refractivity contribution is 5.83. The van der Waals surface area contributed by atoms with Gasteiger partial charge in [0.25, 0.3) is 0 Å². The van der Waals surface area contributed by atoms with E-state index in [1.54, 1.807) is 0 Å². The Hall–Kier alpha value is -3.90. The van der Waals surface area contributed by atoms with Crippen LogP contribution in [0.15, 0.2) is 115 Å². The average molecular weight is 425 g/mol. The van der Waals surface area contributed by atoms with Crippen LogP contribution in [0.2, 0.25) is 0 Å². The molecule has 0 fully saturated rings. The van der Waals surface area contributed by atoms with E-state index >= 15 is 0 Å². The van der Waals surface area contributed by atoms with Crippen LogP contribution in [0, 0.1) is 20.8 Å². The van der Waals surface area contributed by atoms with Gasteiger partial charge in [-0.2, -0.15) is 0 Å². The first-order chi connectivity index (χ1) is 16.0. The van der Waals surface area contributed by atoms with Crippen molar-refractivity contribution in [3.63, 3.8) is 0 Å². The third-order valence-corrected chi connectivity index (χ3v) is 6.18. The Kier molecular flexibility index (Phi) is 5.67. The summed E-state index contributed by atoms with van der Waals surface area (Å²) in [5.74, 6) is 0. The van der Waals surface area contributed by atoms with Gasteiger partial charge in [0.1, 0.15) is 0 Å². The Bertz CT molecular complexity index is 1390. The van der Waals surface area contributed by atoms with Crippen molar-refractivity contribution < 1.29 is 0 Å². The van der Waals surface area contributed by atoms with Gasteiger partial charge in [0.2, 0.25) is 0 Å². The lowest BCUT2D eigenvalue weighted by Crippen LogP contribution is -1.88. The number of rotatable bonds is 4. The molecule has 0 aromatic heterocycles. The predicted octanol–water partition coefficient (Wildman–Crippen LogP) is 9.28. The summed E-state index contributed by atoms with van der Waals surface area (Å²) >= 11 is 0. The summed E-state index contributed by atoms with van der Waals surface area (Å²) in [4.78, 5) is 0. The van der Waals surface area contributed by atoms with Gasteiger partial charge in [-0.3, -0.25) is 0 Å². The maximum absolute atomic E-state index is 2.32. The molecule has 0 nitrogen and oxygen atoms in total. The van der Waals surface area contributed by atoms with Gasteiger partial charge in [-0.15, -0.1) is 0 Å². The standard InChI is InChI=1S/C33H28/c1-23-12-14-27(15-13-23)32-20-31(26-8-5-4-6-9-26)21-33(22-32)29-11-7-10-28(19-29)30-17-24(2)16-25(3)18-30/h4-22H,1-3H3. The highest BCUT2D eigenvalue weighted by atomic mass is 14.1. The molecule has 33 heavy (non-hydrogen) atoms. The third-order valence-electron chi connectivity index (χ3n) is 6.18. The molecular weight excluding hydrogens is 396 g/mol. The van der Waals surface area contributed by atoms with E-state index < -0.39 is 0 Å². The fourth-order valence-corrected chi connectivity index (χ4v) is 4.52. The van der Waals surface area contributed by atoms with E-state index in [1.807, 2.05) is 0 Å². The monoisotopic (exact) mass is 424 g/mol. The summed E-state index contributed by atoms with van der Waals surface area (Å²) in [5, 5.41) is 0. The first-order valence-corrected chi connectivity index (χ1v) is 11.5. The first-order valence-electron chi connectivity index (χ1n) is 11.5. The van der Waals surface area contributed by atoms with Crippen LogP contribution in [-0.2, 0) is 0 Å². The number of benzene rings is 5. The molecule has 0 unspecified atom stereocenters. The van der Waals surface area contributed by atoms with Crippen molar-refractivity contribution in [2.24, 2.45) is 0 Å². The fraction of sp³-hybridized carbons (Fsp3) is 0.0909. The highest BCUT2D eigenvalue weighted by Gasteiger charge is 2.09. The van der Waals surface area contributed by atoms with Gasteiger partial charge in [-0.25, -0.2) is 0 Å². The van der Waals surface area contributed by atoms with Crippen LogP contribution in [0.25, 0.3) is 44.5 Å². The van der Waals surface area contributed by atoms with E-state index in [4.69, 9.17) is 0 Å². The molecule has 5 aromatic rings.